The van der Waals surface area contributed by atoms with Crippen LogP contribution in [-0.4, -0.2) is 66.3 Å². The molecule has 6 heteroatoms. The minimum absolute atomic E-state index is 0.196. The highest BCUT2D eigenvalue weighted by Crippen LogP contribution is 2.25. The Morgan fingerprint density at radius 3 is 2.60 bits per heavy atom. The summed E-state index contributed by atoms with van der Waals surface area (Å²) in [6, 6.07) is -0.572. The van der Waals surface area contributed by atoms with E-state index in [4.69, 9.17) is 14.6 Å². The number of likely N-dealkylation sites (N-methyl/N-ethyl adjacent to an activating group) is 1. The molecule has 4 atom stereocenters. The molecule has 0 aromatic carbocycles. The van der Waals surface area contributed by atoms with Crippen LogP contribution in [0.5, 0.6) is 0 Å². The topological polar surface area (TPSA) is 79.2 Å². The van der Waals surface area contributed by atoms with E-state index in [1.807, 2.05) is 0 Å². The van der Waals surface area contributed by atoms with Crippen molar-refractivity contribution in [3.8, 4) is 0 Å². The molecule has 0 aromatic rings. The highest BCUT2D eigenvalue weighted by atomic mass is 16.7. The predicted molar refractivity (Wildman–Crippen MR) is 51.0 cm³/mol. The lowest BCUT2D eigenvalue weighted by molar-refractivity contribution is -0.153. The molecule has 6 nitrogen and oxygen atoms in total. The van der Waals surface area contributed by atoms with E-state index in [1.165, 1.54) is 18.9 Å². The summed E-state index contributed by atoms with van der Waals surface area (Å²) in [4.78, 5) is 12.5. The summed E-state index contributed by atoms with van der Waals surface area (Å²) in [5.74, 6) is -0.196. The van der Waals surface area contributed by atoms with E-state index in [9.17, 15) is 9.90 Å². The third kappa shape index (κ3) is 2.28. The van der Waals surface area contributed by atoms with Crippen LogP contribution in [0.1, 0.15) is 6.92 Å². The number of hydrogen-bond donors (Lipinski definition) is 2. The molecule has 0 bridgehead atoms. The van der Waals surface area contributed by atoms with Gasteiger partial charge in [-0.05, 0) is 0 Å². The van der Waals surface area contributed by atoms with E-state index in [-0.39, 0.29) is 12.5 Å². The molecule has 1 rings (SSSR count). The van der Waals surface area contributed by atoms with Crippen molar-refractivity contribution in [1.29, 1.82) is 0 Å². The summed E-state index contributed by atoms with van der Waals surface area (Å²) < 4.78 is 10.1. The number of ether oxygens (including phenoxy) is 2. The first-order valence-electron chi connectivity index (χ1n) is 4.73. The second kappa shape index (κ2) is 4.89. The molecule has 0 aliphatic carbocycles. The molecule has 0 saturated carbocycles. The Hall–Kier alpha value is -0.690. The van der Waals surface area contributed by atoms with Gasteiger partial charge in [-0.25, -0.2) is 0 Å². The zero-order valence-electron chi connectivity index (χ0n) is 9.08. The quantitative estimate of drug-likeness (QED) is 0.607. The van der Waals surface area contributed by atoms with Crippen LogP contribution in [0.25, 0.3) is 0 Å². The molecule has 2 N–H and O–H groups in total. The molecule has 1 aliphatic rings. The molecule has 0 unspecified atom stereocenters. The van der Waals surface area contributed by atoms with Crippen LogP contribution in [0.15, 0.2) is 0 Å². The van der Waals surface area contributed by atoms with Crippen molar-refractivity contribution >= 4 is 5.91 Å². The molecule has 0 radical (unpaired) electrons. The number of hydrogen-bond acceptors (Lipinski definition) is 5. The molecule has 0 aromatic heterocycles. The van der Waals surface area contributed by atoms with E-state index in [2.05, 4.69) is 0 Å². The SMILES string of the molecule is CO[C@H]1O[C@H](CO)[C@@H](N(C)C(C)=O)[C@@H]1O. The maximum atomic E-state index is 11.2. The maximum absolute atomic E-state index is 11.2. The van der Waals surface area contributed by atoms with Crippen molar-refractivity contribution < 1.29 is 24.5 Å². The van der Waals surface area contributed by atoms with Gasteiger partial charge in [-0.15, -0.1) is 0 Å². The molecule has 1 fully saturated rings. The fraction of sp³-hybridized carbons (Fsp3) is 0.889. The first-order valence-corrected chi connectivity index (χ1v) is 4.73. The summed E-state index contributed by atoms with van der Waals surface area (Å²) in [5.41, 5.74) is 0. The summed E-state index contributed by atoms with van der Waals surface area (Å²) in [6.45, 7) is 1.13. The summed E-state index contributed by atoms with van der Waals surface area (Å²) in [7, 11) is 2.96. The second-order valence-corrected chi connectivity index (χ2v) is 3.57. The largest absolute Gasteiger partial charge is 0.394 e. The van der Waals surface area contributed by atoms with E-state index in [0.717, 1.165) is 0 Å². The summed E-state index contributed by atoms with van der Waals surface area (Å²) in [5, 5.41) is 18.9. The van der Waals surface area contributed by atoms with E-state index in [0.29, 0.717) is 0 Å². The van der Waals surface area contributed by atoms with E-state index in [1.54, 1.807) is 7.05 Å². The van der Waals surface area contributed by atoms with Gasteiger partial charge in [0.15, 0.2) is 6.29 Å². The van der Waals surface area contributed by atoms with Crippen LogP contribution < -0.4 is 0 Å². The minimum Gasteiger partial charge on any atom is -0.394 e. The first-order chi connectivity index (χ1) is 7.02. The number of methoxy groups -OCH3 is 1. The predicted octanol–water partition coefficient (Wildman–Crippen LogP) is -1.44. The minimum atomic E-state index is -0.943. The molecule has 0 spiro atoms. The zero-order chi connectivity index (χ0) is 11.6. The van der Waals surface area contributed by atoms with Gasteiger partial charge in [0.1, 0.15) is 12.2 Å². The van der Waals surface area contributed by atoms with Gasteiger partial charge >= 0.3 is 0 Å². The summed E-state index contributed by atoms with van der Waals surface area (Å²) in [6.07, 6.45) is -2.35. The number of aliphatic hydroxyl groups excluding tert-OH is 2. The maximum Gasteiger partial charge on any atom is 0.219 e. The van der Waals surface area contributed by atoms with Crippen molar-refractivity contribution in [2.24, 2.45) is 0 Å². The molecule has 15 heavy (non-hydrogen) atoms. The van der Waals surface area contributed by atoms with Crippen LogP contribution in [0, 0.1) is 0 Å². The Morgan fingerprint density at radius 1 is 1.60 bits per heavy atom. The van der Waals surface area contributed by atoms with Crippen LogP contribution in [0.3, 0.4) is 0 Å². The second-order valence-electron chi connectivity index (χ2n) is 3.57. The smallest absolute Gasteiger partial charge is 0.219 e. The molecule has 1 amide bonds. The van der Waals surface area contributed by atoms with E-state index < -0.39 is 24.5 Å². The monoisotopic (exact) mass is 219 g/mol. The highest BCUT2D eigenvalue weighted by Gasteiger charge is 2.46. The molecule has 1 saturated heterocycles. The zero-order valence-corrected chi connectivity index (χ0v) is 9.08. The fourth-order valence-corrected chi connectivity index (χ4v) is 1.75. The Kier molecular flexibility index (Phi) is 4.04. The Labute approximate surface area is 88.4 Å². The average molecular weight is 219 g/mol. The van der Waals surface area contributed by atoms with Gasteiger partial charge in [0, 0.05) is 21.1 Å². The lowest BCUT2D eigenvalue weighted by Crippen LogP contribution is -2.49. The average Bonchev–Trinajstić information content (AvgIpc) is 2.53. The molecular weight excluding hydrogens is 202 g/mol. The van der Waals surface area contributed by atoms with Crippen molar-refractivity contribution in [2.45, 2.75) is 31.5 Å². The first kappa shape index (κ1) is 12.4. The van der Waals surface area contributed by atoms with Gasteiger partial charge in [0.2, 0.25) is 5.91 Å². The van der Waals surface area contributed by atoms with Crippen LogP contribution >= 0.6 is 0 Å². The van der Waals surface area contributed by atoms with Crippen molar-refractivity contribution in [3.05, 3.63) is 0 Å². The van der Waals surface area contributed by atoms with Crippen LogP contribution in [0.4, 0.5) is 0 Å². The summed E-state index contributed by atoms with van der Waals surface area (Å²) >= 11 is 0. The van der Waals surface area contributed by atoms with Crippen molar-refractivity contribution in [3.63, 3.8) is 0 Å². The highest BCUT2D eigenvalue weighted by molar-refractivity contribution is 5.73. The van der Waals surface area contributed by atoms with Gasteiger partial charge in [-0.1, -0.05) is 0 Å². The van der Waals surface area contributed by atoms with Gasteiger partial charge in [-0.2, -0.15) is 0 Å². The number of amides is 1. The number of aliphatic hydroxyl groups is 2. The van der Waals surface area contributed by atoms with Gasteiger partial charge in [-0.3, -0.25) is 4.79 Å². The third-order valence-corrected chi connectivity index (χ3v) is 2.67. The lowest BCUT2D eigenvalue weighted by atomic mass is 10.1. The van der Waals surface area contributed by atoms with Crippen molar-refractivity contribution in [1.82, 2.24) is 4.90 Å². The van der Waals surface area contributed by atoms with Gasteiger partial charge in [0.25, 0.3) is 0 Å². The normalized spacial score (nSPS) is 35.5. The third-order valence-electron chi connectivity index (χ3n) is 2.67. The van der Waals surface area contributed by atoms with E-state index >= 15 is 0 Å². The molecular formula is C9H17NO5. The Bertz CT molecular complexity index is 233. The number of rotatable bonds is 3. The number of carbonyl (C=O) groups is 1. The van der Waals surface area contributed by atoms with Crippen LogP contribution in [-0.2, 0) is 14.3 Å². The van der Waals surface area contributed by atoms with Crippen LogP contribution in [0.2, 0.25) is 0 Å². The fourth-order valence-electron chi connectivity index (χ4n) is 1.75. The Balaban J connectivity index is 2.79. The standard InChI is InChI=1S/C9H17NO5/c1-5(12)10(2)7-6(4-11)15-9(14-3)8(7)13/h6-9,11,13H,4H2,1-3H3/t6-,7-,8+,9+/m1/s1. The Morgan fingerprint density at radius 2 is 2.20 bits per heavy atom. The van der Waals surface area contributed by atoms with Gasteiger partial charge < -0.3 is 24.6 Å². The molecule has 1 aliphatic heterocycles. The molecule has 1 heterocycles. The molecule has 88 valence electrons. The lowest BCUT2D eigenvalue weighted by Gasteiger charge is -2.28. The van der Waals surface area contributed by atoms with Gasteiger partial charge in [0.05, 0.1) is 12.6 Å². The van der Waals surface area contributed by atoms with Crippen molar-refractivity contribution in [2.75, 3.05) is 20.8 Å². The number of nitrogens with zero attached hydrogens (tertiary/aromatic N) is 1. The number of carbonyl (C=O) groups excluding carboxylic acids is 1.